The van der Waals surface area contributed by atoms with Gasteiger partial charge in [0.1, 0.15) is 10.6 Å². The van der Waals surface area contributed by atoms with Gasteiger partial charge in [-0.2, -0.15) is 4.31 Å². The van der Waals surface area contributed by atoms with E-state index in [1.807, 2.05) is 4.90 Å². The molecule has 0 N–H and O–H groups in total. The maximum absolute atomic E-state index is 13.2. The number of benzene rings is 1. The number of rotatable bonds is 6. The molecule has 7 heteroatoms. The third-order valence-electron chi connectivity index (χ3n) is 6.14. The second-order valence-electron chi connectivity index (χ2n) is 8.55. The molecule has 1 unspecified atom stereocenters. The molecule has 166 valence electrons. The lowest BCUT2D eigenvalue weighted by molar-refractivity contribution is -0.130. The van der Waals surface area contributed by atoms with Crippen LogP contribution >= 0.6 is 0 Å². The van der Waals surface area contributed by atoms with Crippen molar-refractivity contribution in [1.82, 2.24) is 9.21 Å². The predicted molar refractivity (Wildman–Crippen MR) is 119 cm³/mol. The highest BCUT2D eigenvalue weighted by molar-refractivity contribution is 7.89. The molecule has 2 fully saturated rings. The highest BCUT2D eigenvalue weighted by atomic mass is 32.2. The third kappa shape index (κ3) is 5.06. The largest absolute Gasteiger partial charge is 0.495 e. The number of carbonyl (C=O) groups excluding carboxylic acids is 1. The van der Waals surface area contributed by atoms with Crippen LogP contribution in [0.1, 0.15) is 57.9 Å². The molecular formula is C23H34N2O4S. The van der Waals surface area contributed by atoms with Crippen LogP contribution in [0.4, 0.5) is 0 Å². The number of amides is 1. The first-order valence-corrected chi connectivity index (χ1v) is 12.5. The minimum absolute atomic E-state index is 0.00958. The summed E-state index contributed by atoms with van der Waals surface area (Å²) in [4.78, 5) is 15.0. The molecule has 0 bridgehead atoms. The third-order valence-corrected chi connectivity index (χ3v) is 8.06. The van der Waals surface area contributed by atoms with Crippen molar-refractivity contribution < 1.29 is 17.9 Å². The highest BCUT2D eigenvalue weighted by Crippen LogP contribution is 2.30. The number of hydrogen-bond acceptors (Lipinski definition) is 4. The van der Waals surface area contributed by atoms with Gasteiger partial charge in [0.05, 0.1) is 7.11 Å². The van der Waals surface area contributed by atoms with Crippen LogP contribution in [0.2, 0.25) is 0 Å². The number of ether oxygens (including phenoxy) is 1. The maximum Gasteiger partial charge on any atom is 0.246 e. The van der Waals surface area contributed by atoms with Gasteiger partial charge in [-0.15, -0.1) is 0 Å². The van der Waals surface area contributed by atoms with E-state index in [4.69, 9.17) is 4.74 Å². The van der Waals surface area contributed by atoms with Gasteiger partial charge >= 0.3 is 0 Å². The number of likely N-dealkylation sites (tertiary alicyclic amines) is 1. The van der Waals surface area contributed by atoms with Crippen LogP contribution in [0.5, 0.6) is 5.75 Å². The van der Waals surface area contributed by atoms with Gasteiger partial charge < -0.3 is 9.64 Å². The molecule has 0 aromatic heterocycles. The van der Waals surface area contributed by atoms with E-state index in [-0.39, 0.29) is 16.8 Å². The van der Waals surface area contributed by atoms with Gasteiger partial charge in [-0.05, 0) is 61.8 Å². The minimum atomic E-state index is -3.63. The van der Waals surface area contributed by atoms with E-state index in [0.29, 0.717) is 30.3 Å². The quantitative estimate of drug-likeness (QED) is 0.637. The zero-order valence-electron chi connectivity index (χ0n) is 18.3. The Labute approximate surface area is 180 Å². The number of piperidine rings is 2. The highest BCUT2D eigenvalue weighted by Gasteiger charge is 2.29. The SMILES string of the molecule is COc1ccc(/C=C/C(=O)N2CCCCC2C(C)C)cc1S(=O)(=O)N1CCCCC1. The lowest BCUT2D eigenvalue weighted by Gasteiger charge is -2.37. The first kappa shape index (κ1) is 22.8. The molecule has 1 atom stereocenters. The fourth-order valence-electron chi connectivity index (χ4n) is 4.43. The fourth-order valence-corrected chi connectivity index (χ4v) is 6.14. The number of methoxy groups -OCH3 is 1. The second-order valence-corrected chi connectivity index (χ2v) is 10.5. The van der Waals surface area contributed by atoms with Crippen molar-refractivity contribution in [3.8, 4) is 5.75 Å². The average molecular weight is 435 g/mol. The summed E-state index contributed by atoms with van der Waals surface area (Å²) in [6.45, 7) is 6.16. The van der Waals surface area contributed by atoms with Crippen molar-refractivity contribution in [2.24, 2.45) is 5.92 Å². The smallest absolute Gasteiger partial charge is 0.246 e. The standard InChI is InChI=1S/C23H34N2O4S/c1-18(2)20-9-5-8-16-25(20)23(26)13-11-19-10-12-21(29-3)22(17-19)30(27,28)24-14-6-4-7-15-24/h10-13,17-18,20H,4-9,14-16H2,1-3H3/b13-11+. The molecule has 3 rings (SSSR count). The van der Waals surface area contributed by atoms with E-state index >= 15 is 0 Å². The summed E-state index contributed by atoms with van der Waals surface area (Å²) in [6.07, 6.45) is 9.32. The summed E-state index contributed by atoms with van der Waals surface area (Å²) in [5, 5.41) is 0. The van der Waals surface area contributed by atoms with E-state index in [1.165, 1.54) is 11.4 Å². The fraction of sp³-hybridized carbons (Fsp3) is 0.609. The van der Waals surface area contributed by atoms with Gasteiger partial charge in [0.15, 0.2) is 0 Å². The normalized spacial score (nSPS) is 21.3. The Morgan fingerprint density at radius 1 is 1.10 bits per heavy atom. The van der Waals surface area contributed by atoms with Gasteiger partial charge in [-0.1, -0.05) is 26.3 Å². The lowest BCUT2D eigenvalue weighted by atomic mass is 9.92. The molecule has 6 nitrogen and oxygen atoms in total. The molecule has 0 saturated carbocycles. The topological polar surface area (TPSA) is 66.9 Å². The summed E-state index contributed by atoms with van der Waals surface area (Å²) in [5.74, 6) is 0.745. The monoisotopic (exact) mass is 434 g/mol. The molecule has 2 aliphatic rings. The van der Waals surface area contributed by atoms with Crippen molar-refractivity contribution >= 4 is 22.0 Å². The van der Waals surface area contributed by atoms with E-state index < -0.39 is 10.0 Å². The molecular weight excluding hydrogens is 400 g/mol. The maximum atomic E-state index is 13.2. The first-order valence-electron chi connectivity index (χ1n) is 11.0. The number of nitrogens with zero attached hydrogens (tertiary/aromatic N) is 2. The van der Waals surface area contributed by atoms with Gasteiger partial charge in [-0.3, -0.25) is 4.79 Å². The predicted octanol–water partition coefficient (Wildman–Crippen LogP) is 3.92. The summed E-state index contributed by atoms with van der Waals surface area (Å²) >= 11 is 0. The Bertz CT molecular complexity index is 873. The molecule has 2 heterocycles. The minimum Gasteiger partial charge on any atom is -0.495 e. The molecule has 2 aliphatic heterocycles. The van der Waals surface area contributed by atoms with Crippen LogP contribution in [-0.4, -0.2) is 56.3 Å². The van der Waals surface area contributed by atoms with Crippen molar-refractivity contribution in [3.05, 3.63) is 29.8 Å². The Balaban J connectivity index is 1.83. The van der Waals surface area contributed by atoms with Crippen LogP contribution in [0.15, 0.2) is 29.2 Å². The zero-order valence-corrected chi connectivity index (χ0v) is 19.2. The van der Waals surface area contributed by atoms with Crippen molar-refractivity contribution in [2.75, 3.05) is 26.7 Å². The van der Waals surface area contributed by atoms with Crippen molar-refractivity contribution in [2.45, 2.75) is 63.3 Å². The summed E-state index contributed by atoms with van der Waals surface area (Å²) in [7, 11) is -2.15. The number of hydrogen-bond donors (Lipinski definition) is 0. The van der Waals surface area contributed by atoms with Crippen molar-refractivity contribution in [1.29, 1.82) is 0 Å². The lowest BCUT2D eigenvalue weighted by Crippen LogP contribution is -2.45. The number of sulfonamides is 1. The summed E-state index contributed by atoms with van der Waals surface area (Å²) < 4.78 is 33.2. The van der Waals surface area contributed by atoms with E-state index in [1.54, 1.807) is 30.4 Å². The van der Waals surface area contributed by atoms with Crippen molar-refractivity contribution in [3.63, 3.8) is 0 Å². The van der Waals surface area contributed by atoms with E-state index in [0.717, 1.165) is 45.1 Å². The summed E-state index contributed by atoms with van der Waals surface area (Å²) in [5.41, 5.74) is 0.679. The number of carbonyl (C=O) groups is 1. The van der Waals surface area contributed by atoms with Crippen LogP contribution in [-0.2, 0) is 14.8 Å². The molecule has 30 heavy (non-hydrogen) atoms. The molecule has 0 spiro atoms. The van der Waals surface area contributed by atoms with Crippen LogP contribution in [0.25, 0.3) is 6.08 Å². The molecule has 0 radical (unpaired) electrons. The Kier molecular flexibility index (Phi) is 7.58. The molecule has 1 aromatic carbocycles. The molecule has 1 amide bonds. The van der Waals surface area contributed by atoms with Gasteiger partial charge in [0.2, 0.25) is 15.9 Å². The van der Waals surface area contributed by atoms with E-state index in [9.17, 15) is 13.2 Å². The second kappa shape index (κ2) is 9.96. The summed E-state index contributed by atoms with van der Waals surface area (Å²) in [6, 6.07) is 5.33. The molecule has 0 aliphatic carbocycles. The Hall–Kier alpha value is -1.86. The van der Waals surface area contributed by atoms with Gasteiger partial charge in [-0.25, -0.2) is 8.42 Å². The van der Waals surface area contributed by atoms with Gasteiger partial charge in [0.25, 0.3) is 0 Å². The Morgan fingerprint density at radius 2 is 1.80 bits per heavy atom. The Morgan fingerprint density at radius 3 is 2.47 bits per heavy atom. The first-order chi connectivity index (χ1) is 14.3. The molecule has 1 aromatic rings. The van der Waals surface area contributed by atoms with Crippen LogP contribution in [0.3, 0.4) is 0 Å². The van der Waals surface area contributed by atoms with Crippen LogP contribution < -0.4 is 4.74 Å². The zero-order chi connectivity index (χ0) is 21.7. The van der Waals surface area contributed by atoms with Gasteiger partial charge in [0, 0.05) is 31.8 Å². The molecule has 2 saturated heterocycles. The van der Waals surface area contributed by atoms with Crippen LogP contribution in [0, 0.1) is 5.92 Å². The average Bonchev–Trinajstić information content (AvgIpc) is 2.77. The van der Waals surface area contributed by atoms with E-state index in [2.05, 4.69) is 13.8 Å².